The van der Waals surface area contributed by atoms with E-state index in [0.717, 1.165) is 25.8 Å². The van der Waals surface area contributed by atoms with Crippen molar-refractivity contribution in [2.45, 2.75) is 51.6 Å². The zero-order chi connectivity index (χ0) is 14.6. The normalized spacial score (nSPS) is 23.8. The second-order valence-corrected chi connectivity index (χ2v) is 6.43. The van der Waals surface area contributed by atoms with Gasteiger partial charge in [0.25, 0.3) is 0 Å². The van der Waals surface area contributed by atoms with Gasteiger partial charge in [0.15, 0.2) is 0 Å². The van der Waals surface area contributed by atoms with E-state index in [1.807, 2.05) is 25.1 Å². The van der Waals surface area contributed by atoms with E-state index in [1.165, 1.54) is 5.56 Å². The minimum Gasteiger partial charge on any atom is -0.348 e. The number of hydrogen-bond donors (Lipinski definition) is 2. The van der Waals surface area contributed by atoms with E-state index in [2.05, 4.69) is 36.6 Å². The third kappa shape index (κ3) is 3.60. The molecule has 1 fully saturated rings. The van der Waals surface area contributed by atoms with Crippen LogP contribution >= 0.6 is 0 Å². The first-order valence-electron chi connectivity index (χ1n) is 7.62. The predicted octanol–water partition coefficient (Wildman–Crippen LogP) is 3.03. The second kappa shape index (κ2) is 6.40. The lowest BCUT2D eigenvalue weighted by Crippen LogP contribution is -2.52. The summed E-state index contributed by atoms with van der Waals surface area (Å²) in [4.78, 5) is 12.6. The number of carbonyl (C=O) groups excluding carboxylic acids is 1. The van der Waals surface area contributed by atoms with E-state index in [9.17, 15) is 4.79 Å². The van der Waals surface area contributed by atoms with Crippen LogP contribution < -0.4 is 10.6 Å². The van der Waals surface area contributed by atoms with Crippen LogP contribution in [-0.2, 0) is 4.79 Å². The quantitative estimate of drug-likeness (QED) is 0.866. The Labute approximate surface area is 122 Å². The van der Waals surface area contributed by atoms with Crippen molar-refractivity contribution in [3.8, 4) is 0 Å². The highest BCUT2D eigenvalue weighted by atomic mass is 16.2. The maximum Gasteiger partial charge on any atom is 0.240 e. The monoisotopic (exact) mass is 274 g/mol. The molecule has 1 saturated heterocycles. The van der Waals surface area contributed by atoms with E-state index in [4.69, 9.17) is 0 Å². The smallest absolute Gasteiger partial charge is 0.240 e. The van der Waals surface area contributed by atoms with Crippen LogP contribution in [0.5, 0.6) is 0 Å². The van der Waals surface area contributed by atoms with Gasteiger partial charge in [-0.05, 0) is 44.2 Å². The highest BCUT2D eigenvalue weighted by molar-refractivity contribution is 5.86. The van der Waals surface area contributed by atoms with Crippen LogP contribution in [0, 0.1) is 5.92 Å². The van der Waals surface area contributed by atoms with Crippen LogP contribution in [0.15, 0.2) is 30.3 Å². The molecule has 0 spiro atoms. The van der Waals surface area contributed by atoms with Crippen molar-refractivity contribution < 1.29 is 4.79 Å². The molecule has 0 radical (unpaired) electrons. The van der Waals surface area contributed by atoms with Gasteiger partial charge in [0.2, 0.25) is 5.91 Å². The first-order chi connectivity index (χ1) is 9.51. The van der Waals surface area contributed by atoms with Crippen LogP contribution in [0.3, 0.4) is 0 Å². The van der Waals surface area contributed by atoms with Gasteiger partial charge in [0, 0.05) is 0 Å². The molecule has 0 aromatic heterocycles. The zero-order valence-corrected chi connectivity index (χ0v) is 12.8. The number of benzene rings is 1. The Morgan fingerprint density at radius 3 is 2.60 bits per heavy atom. The summed E-state index contributed by atoms with van der Waals surface area (Å²) in [6, 6.07) is 10.4. The van der Waals surface area contributed by atoms with Crippen molar-refractivity contribution in [2.75, 3.05) is 6.54 Å². The molecule has 2 atom stereocenters. The third-order valence-electron chi connectivity index (χ3n) is 4.08. The third-order valence-corrected chi connectivity index (χ3v) is 4.08. The summed E-state index contributed by atoms with van der Waals surface area (Å²) in [7, 11) is 0. The molecule has 1 aromatic rings. The summed E-state index contributed by atoms with van der Waals surface area (Å²) in [5.74, 6) is 0.675. The number of rotatable bonds is 5. The maximum absolute atomic E-state index is 12.6. The molecule has 0 bridgehead atoms. The summed E-state index contributed by atoms with van der Waals surface area (Å²) in [6.07, 6.45) is 2.96. The van der Waals surface area contributed by atoms with Gasteiger partial charge in [0.1, 0.15) is 0 Å². The summed E-state index contributed by atoms with van der Waals surface area (Å²) < 4.78 is 0. The van der Waals surface area contributed by atoms with Gasteiger partial charge in [-0.15, -0.1) is 0 Å². The largest absolute Gasteiger partial charge is 0.348 e. The molecule has 3 heteroatoms. The van der Waals surface area contributed by atoms with E-state index in [0.29, 0.717) is 5.92 Å². The van der Waals surface area contributed by atoms with Crippen LogP contribution in [-0.4, -0.2) is 18.0 Å². The van der Waals surface area contributed by atoms with Crippen molar-refractivity contribution in [2.24, 2.45) is 5.92 Å². The number of amides is 1. The van der Waals surface area contributed by atoms with Gasteiger partial charge in [0.05, 0.1) is 11.6 Å². The highest BCUT2D eigenvalue weighted by Crippen LogP contribution is 2.24. The predicted molar refractivity (Wildman–Crippen MR) is 82.4 cm³/mol. The molecular weight excluding hydrogens is 248 g/mol. The fourth-order valence-electron chi connectivity index (χ4n) is 2.84. The van der Waals surface area contributed by atoms with Crippen molar-refractivity contribution in [3.05, 3.63) is 35.9 Å². The van der Waals surface area contributed by atoms with E-state index >= 15 is 0 Å². The number of carbonyl (C=O) groups is 1. The Bertz CT molecular complexity index is 436. The SMILES string of the molecule is CC(C)CC(NC(=O)C1(C)CCCN1)c1ccccc1. The van der Waals surface area contributed by atoms with Gasteiger partial charge in [-0.2, -0.15) is 0 Å². The summed E-state index contributed by atoms with van der Waals surface area (Å²) >= 11 is 0. The first-order valence-corrected chi connectivity index (χ1v) is 7.62. The number of hydrogen-bond acceptors (Lipinski definition) is 2. The molecule has 1 amide bonds. The molecule has 1 aliphatic heterocycles. The molecule has 20 heavy (non-hydrogen) atoms. The van der Waals surface area contributed by atoms with Crippen molar-refractivity contribution in [1.82, 2.24) is 10.6 Å². The molecule has 0 saturated carbocycles. The van der Waals surface area contributed by atoms with Crippen LogP contribution in [0.1, 0.15) is 51.6 Å². The molecule has 2 unspecified atom stereocenters. The summed E-state index contributed by atoms with van der Waals surface area (Å²) in [5.41, 5.74) is 0.792. The molecule has 1 aliphatic rings. The standard InChI is InChI=1S/C17H26N2O/c1-13(2)12-15(14-8-5-4-6-9-14)19-16(20)17(3)10-7-11-18-17/h4-6,8-9,13,15,18H,7,10-12H2,1-3H3,(H,19,20). The average Bonchev–Trinajstić information content (AvgIpc) is 2.87. The molecule has 2 N–H and O–H groups in total. The lowest BCUT2D eigenvalue weighted by molar-refractivity contribution is -0.127. The minimum atomic E-state index is -0.399. The van der Waals surface area contributed by atoms with Gasteiger partial charge in [-0.3, -0.25) is 4.79 Å². The lowest BCUT2D eigenvalue weighted by Gasteiger charge is -2.28. The fraction of sp³-hybridized carbons (Fsp3) is 0.588. The molecule has 0 aliphatic carbocycles. The average molecular weight is 274 g/mol. The topological polar surface area (TPSA) is 41.1 Å². The maximum atomic E-state index is 12.6. The molecule has 2 rings (SSSR count). The fourth-order valence-corrected chi connectivity index (χ4v) is 2.84. The Morgan fingerprint density at radius 2 is 2.05 bits per heavy atom. The van der Waals surface area contributed by atoms with Gasteiger partial charge in [-0.25, -0.2) is 0 Å². The second-order valence-electron chi connectivity index (χ2n) is 6.43. The zero-order valence-electron chi connectivity index (χ0n) is 12.8. The summed E-state index contributed by atoms with van der Waals surface area (Å²) in [6.45, 7) is 7.33. The van der Waals surface area contributed by atoms with Crippen molar-refractivity contribution in [3.63, 3.8) is 0 Å². The minimum absolute atomic E-state index is 0.0999. The molecule has 3 nitrogen and oxygen atoms in total. The van der Waals surface area contributed by atoms with Crippen LogP contribution in [0.25, 0.3) is 0 Å². The Morgan fingerprint density at radius 1 is 1.35 bits per heavy atom. The van der Waals surface area contributed by atoms with Gasteiger partial charge < -0.3 is 10.6 Å². The first kappa shape index (κ1) is 15.0. The lowest BCUT2D eigenvalue weighted by atomic mass is 9.94. The number of nitrogens with one attached hydrogen (secondary N) is 2. The Kier molecular flexibility index (Phi) is 4.81. The molecule has 110 valence electrons. The molecule has 1 aromatic carbocycles. The van der Waals surface area contributed by atoms with Crippen molar-refractivity contribution in [1.29, 1.82) is 0 Å². The Hall–Kier alpha value is -1.35. The van der Waals surface area contributed by atoms with Crippen LogP contribution in [0.2, 0.25) is 0 Å². The van der Waals surface area contributed by atoms with E-state index in [-0.39, 0.29) is 11.9 Å². The van der Waals surface area contributed by atoms with Gasteiger partial charge in [-0.1, -0.05) is 44.2 Å². The van der Waals surface area contributed by atoms with Crippen LogP contribution in [0.4, 0.5) is 0 Å². The van der Waals surface area contributed by atoms with Gasteiger partial charge >= 0.3 is 0 Å². The molecular formula is C17H26N2O. The summed E-state index contributed by atoms with van der Waals surface area (Å²) in [5, 5.41) is 6.58. The van der Waals surface area contributed by atoms with E-state index in [1.54, 1.807) is 0 Å². The van der Waals surface area contributed by atoms with Crippen molar-refractivity contribution >= 4 is 5.91 Å². The van der Waals surface area contributed by atoms with E-state index < -0.39 is 5.54 Å². The molecule has 1 heterocycles. The highest BCUT2D eigenvalue weighted by Gasteiger charge is 2.36. The Balaban J connectivity index is 2.10.